The van der Waals surface area contributed by atoms with E-state index in [-0.39, 0.29) is 0 Å². The first kappa shape index (κ1) is 22.8. The number of ether oxygens (including phenoxy) is 3. The number of nitrogens with zero attached hydrogens (tertiary/aromatic N) is 1. The number of hydrogen-bond acceptors (Lipinski definition) is 8. The Morgan fingerprint density at radius 3 is 2.53 bits per heavy atom. The highest BCUT2D eigenvalue weighted by atomic mass is 16.5. The molecule has 0 aliphatic carbocycles. The van der Waals surface area contributed by atoms with Crippen LogP contribution >= 0.6 is 0 Å². The van der Waals surface area contributed by atoms with E-state index >= 15 is 0 Å². The molecular formula is C24H31NO7. The second-order valence-corrected chi connectivity index (χ2v) is 8.14. The lowest BCUT2D eigenvalue weighted by Crippen LogP contribution is -2.55. The van der Waals surface area contributed by atoms with E-state index in [4.69, 9.17) is 14.2 Å². The number of benzene rings is 2. The largest absolute Gasteiger partial charge is 0.494 e. The van der Waals surface area contributed by atoms with Crippen molar-refractivity contribution in [1.29, 1.82) is 0 Å². The van der Waals surface area contributed by atoms with Crippen molar-refractivity contribution < 1.29 is 34.6 Å². The molecule has 4 N–H and O–H groups in total. The van der Waals surface area contributed by atoms with Crippen LogP contribution in [0.15, 0.2) is 42.5 Å². The van der Waals surface area contributed by atoms with Crippen LogP contribution in [-0.2, 0) is 11.2 Å². The molecule has 1 saturated heterocycles. The zero-order chi connectivity index (χ0) is 22.7. The van der Waals surface area contributed by atoms with E-state index in [1.165, 1.54) is 5.56 Å². The molecule has 0 saturated carbocycles. The molecule has 0 spiro atoms. The van der Waals surface area contributed by atoms with Crippen LogP contribution in [0.5, 0.6) is 11.5 Å². The highest BCUT2D eigenvalue weighted by molar-refractivity contribution is 5.61. The molecule has 0 radical (unpaired) electrons. The summed E-state index contributed by atoms with van der Waals surface area (Å²) in [6.07, 6.45) is -5.04. The van der Waals surface area contributed by atoms with Gasteiger partial charge in [-0.2, -0.15) is 0 Å². The fourth-order valence-electron chi connectivity index (χ4n) is 4.26. The third-order valence-corrected chi connectivity index (χ3v) is 6.07. The van der Waals surface area contributed by atoms with Gasteiger partial charge in [-0.1, -0.05) is 18.2 Å². The van der Waals surface area contributed by atoms with Crippen molar-refractivity contribution in [2.24, 2.45) is 0 Å². The summed E-state index contributed by atoms with van der Waals surface area (Å²) in [6, 6.07) is 13.7. The summed E-state index contributed by atoms with van der Waals surface area (Å²) in [5.74, 6) is 1.55. The van der Waals surface area contributed by atoms with Crippen LogP contribution in [-0.4, -0.2) is 77.8 Å². The van der Waals surface area contributed by atoms with Crippen LogP contribution in [0.3, 0.4) is 0 Å². The standard InChI is InChI=1S/C24H31NO7/c1-2-30-17-6-3-15(4-7-17)9-10-25-11-12-31-19-13-16(5-8-18(19)25)24-23(29)22(28)21(27)20(14-26)32-24/h3-8,13,20-24,26-29H,2,9-12,14H2,1H3/t20-,21-,22+,23-,24+/m1/s1. The molecule has 2 aromatic carbocycles. The summed E-state index contributed by atoms with van der Waals surface area (Å²) in [6.45, 7) is 4.28. The van der Waals surface area contributed by atoms with Gasteiger partial charge < -0.3 is 39.5 Å². The van der Waals surface area contributed by atoms with Gasteiger partial charge in [-0.3, -0.25) is 0 Å². The Balaban J connectivity index is 1.46. The molecule has 2 aliphatic heterocycles. The van der Waals surface area contributed by atoms with Crippen molar-refractivity contribution in [3.63, 3.8) is 0 Å². The minimum atomic E-state index is -1.41. The number of aliphatic hydroxyl groups excluding tert-OH is 4. The molecule has 2 heterocycles. The average Bonchev–Trinajstić information content (AvgIpc) is 2.82. The molecule has 5 atom stereocenters. The number of aliphatic hydroxyl groups is 4. The monoisotopic (exact) mass is 445 g/mol. The Morgan fingerprint density at radius 1 is 1.03 bits per heavy atom. The summed E-state index contributed by atoms with van der Waals surface area (Å²) in [5.41, 5.74) is 2.80. The molecule has 174 valence electrons. The van der Waals surface area contributed by atoms with Gasteiger partial charge in [0.25, 0.3) is 0 Å². The van der Waals surface area contributed by atoms with E-state index in [1.54, 1.807) is 6.07 Å². The molecule has 2 aliphatic rings. The van der Waals surface area contributed by atoms with Gasteiger partial charge in [-0.25, -0.2) is 0 Å². The second-order valence-electron chi connectivity index (χ2n) is 8.14. The highest BCUT2D eigenvalue weighted by Gasteiger charge is 2.44. The quantitative estimate of drug-likeness (QED) is 0.500. The van der Waals surface area contributed by atoms with Gasteiger partial charge >= 0.3 is 0 Å². The van der Waals surface area contributed by atoms with Crippen molar-refractivity contribution >= 4 is 5.69 Å². The molecule has 1 fully saturated rings. The van der Waals surface area contributed by atoms with Gasteiger partial charge in [0, 0.05) is 6.54 Å². The maximum Gasteiger partial charge on any atom is 0.143 e. The van der Waals surface area contributed by atoms with Crippen molar-refractivity contribution in [1.82, 2.24) is 0 Å². The van der Waals surface area contributed by atoms with E-state index in [1.807, 2.05) is 31.2 Å². The van der Waals surface area contributed by atoms with Crippen LogP contribution in [0.25, 0.3) is 0 Å². The first-order chi connectivity index (χ1) is 15.5. The Bertz CT molecular complexity index is 888. The Morgan fingerprint density at radius 2 is 1.81 bits per heavy atom. The molecule has 32 heavy (non-hydrogen) atoms. The molecule has 0 unspecified atom stereocenters. The van der Waals surface area contributed by atoms with Gasteiger partial charge in [0.1, 0.15) is 48.6 Å². The molecule has 8 heteroatoms. The van der Waals surface area contributed by atoms with Gasteiger partial charge in [0.15, 0.2) is 0 Å². The molecule has 0 bridgehead atoms. The van der Waals surface area contributed by atoms with Crippen LogP contribution in [0, 0.1) is 0 Å². The Hall–Kier alpha value is -2.36. The van der Waals surface area contributed by atoms with Crippen molar-refractivity contribution in [2.45, 2.75) is 43.9 Å². The van der Waals surface area contributed by atoms with Crippen LogP contribution in [0.2, 0.25) is 0 Å². The predicted octanol–water partition coefficient (Wildman–Crippen LogP) is 1.04. The topological polar surface area (TPSA) is 112 Å². The summed E-state index contributed by atoms with van der Waals surface area (Å²) in [7, 11) is 0. The van der Waals surface area contributed by atoms with Crippen molar-refractivity contribution in [3.05, 3.63) is 53.6 Å². The van der Waals surface area contributed by atoms with E-state index in [2.05, 4.69) is 17.0 Å². The molecule has 8 nitrogen and oxygen atoms in total. The van der Waals surface area contributed by atoms with Gasteiger partial charge in [0.05, 0.1) is 25.4 Å². The molecule has 0 amide bonds. The smallest absolute Gasteiger partial charge is 0.143 e. The van der Waals surface area contributed by atoms with Gasteiger partial charge in [0.2, 0.25) is 0 Å². The van der Waals surface area contributed by atoms with Crippen molar-refractivity contribution in [2.75, 3.05) is 37.8 Å². The van der Waals surface area contributed by atoms with Crippen LogP contribution in [0.4, 0.5) is 5.69 Å². The Labute approximate surface area is 187 Å². The van der Waals surface area contributed by atoms with Gasteiger partial charge in [-0.05, 0) is 48.7 Å². The van der Waals surface area contributed by atoms with E-state index in [9.17, 15) is 20.4 Å². The maximum atomic E-state index is 10.4. The average molecular weight is 446 g/mol. The van der Waals surface area contributed by atoms with Gasteiger partial charge in [-0.15, -0.1) is 0 Å². The second kappa shape index (κ2) is 10.1. The van der Waals surface area contributed by atoms with Crippen LogP contribution < -0.4 is 14.4 Å². The summed E-state index contributed by atoms with van der Waals surface area (Å²) >= 11 is 0. The Kier molecular flexibility index (Phi) is 7.17. The van der Waals surface area contributed by atoms with E-state index in [0.29, 0.717) is 24.5 Å². The zero-order valence-corrected chi connectivity index (χ0v) is 18.1. The molecule has 2 aromatic rings. The molecule has 0 aromatic heterocycles. The van der Waals surface area contributed by atoms with Crippen molar-refractivity contribution in [3.8, 4) is 11.5 Å². The van der Waals surface area contributed by atoms with E-state index < -0.39 is 37.1 Å². The van der Waals surface area contributed by atoms with Crippen LogP contribution in [0.1, 0.15) is 24.2 Å². The molecule has 4 rings (SSSR count). The molecular weight excluding hydrogens is 414 g/mol. The lowest BCUT2D eigenvalue weighted by Gasteiger charge is -2.40. The summed E-state index contributed by atoms with van der Waals surface area (Å²) in [5, 5.41) is 40.0. The maximum absolute atomic E-state index is 10.4. The summed E-state index contributed by atoms with van der Waals surface area (Å²) in [4.78, 5) is 2.26. The number of fused-ring (bicyclic) bond motifs is 1. The lowest BCUT2D eigenvalue weighted by molar-refractivity contribution is -0.231. The minimum Gasteiger partial charge on any atom is -0.494 e. The number of hydrogen-bond donors (Lipinski definition) is 4. The third kappa shape index (κ3) is 4.69. The fourth-order valence-corrected chi connectivity index (χ4v) is 4.26. The predicted molar refractivity (Wildman–Crippen MR) is 118 cm³/mol. The number of anilines is 1. The highest BCUT2D eigenvalue weighted by Crippen LogP contribution is 2.38. The lowest BCUT2D eigenvalue weighted by atomic mass is 9.91. The normalized spacial score (nSPS) is 27.5. The fraction of sp³-hybridized carbons (Fsp3) is 0.500. The first-order valence-corrected chi connectivity index (χ1v) is 11.1. The van der Waals surface area contributed by atoms with E-state index in [0.717, 1.165) is 30.9 Å². The summed E-state index contributed by atoms with van der Waals surface area (Å²) < 4.78 is 17.0. The number of rotatable bonds is 7. The zero-order valence-electron chi connectivity index (χ0n) is 18.1. The first-order valence-electron chi connectivity index (χ1n) is 11.1. The third-order valence-electron chi connectivity index (χ3n) is 6.07. The SMILES string of the molecule is CCOc1ccc(CCN2CCOc3cc([C@@H]4O[C@H](CO)[C@@H](O)[C@H](O)[C@H]4O)ccc32)cc1. The minimum absolute atomic E-state index is 0.456.